The van der Waals surface area contributed by atoms with Crippen LogP contribution in [0, 0.1) is 5.82 Å². The molecular formula is C14H17BrFN3O. The van der Waals surface area contributed by atoms with E-state index >= 15 is 0 Å². The highest BCUT2D eigenvalue weighted by Gasteiger charge is 2.19. The van der Waals surface area contributed by atoms with E-state index in [1.807, 2.05) is 0 Å². The molecule has 4 nitrogen and oxygen atoms in total. The second-order valence-corrected chi connectivity index (χ2v) is 5.25. The number of hydrogen-bond donors (Lipinski definition) is 1. The molecule has 1 atom stereocenters. The van der Waals surface area contributed by atoms with E-state index in [9.17, 15) is 4.39 Å². The largest absolute Gasteiger partial charge is 0.419 e. The molecule has 0 amide bonds. The summed E-state index contributed by atoms with van der Waals surface area (Å²) >= 11 is 3.20. The topological polar surface area (TPSA) is 51.0 Å². The van der Waals surface area contributed by atoms with Crippen LogP contribution in [0.4, 0.5) is 4.39 Å². The molecule has 2 rings (SSSR count). The van der Waals surface area contributed by atoms with E-state index in [1.165, 1.54) is 6.07 Å². The number of benzene rings is 1. The molecule has 1 heterocycles. The summed E-state index contributed by atoms with van der Waals surface area (Å²) in [6.45, 7) is 5.04. The zero-order chi connectivity index (χ0) is 14.5. The zero-order valence-electron chi connectivity index (χ0n) is 11.5. The van der Waals surface area contributed by atoms with Crippen molar-refractivity contribution in [2.75, 3.05) is 6.54 Å². The number of rotatable bonds is 6. The van der Waals surface area contributed by atoms with Crippen molar-refractivity contribution in [3.05, 3.63) is 34.4 Å². The van der Waals surface area contributed by atoms with Gasteiger partial charge in [-0.2, -0.15) is 0 Å². The van der Waals surface area contributed by atoms with Crippen molar-refractivity contribution in [1.82, 2.24) is 15.5 Å². The Labute approximate surface area is 125 Å². The van der Waals surface area contributed by atoms with Crippen molar-refractivity contribution in [3.63, 3.8) is 0 Å². The van der Waals surface area contributed by atoms with Gasteiger partial charge in [0.1, 0.15) is 5.82 Å². The monoisotopic (exact) mass is 341 g/mol. The first-order chi connectivity index (χ1) is 9.67. The van der Waals surface area contributed by atoms with Crippen LogP contribution in [0.5, 0.6) is 0 Å². The van der Waals surface area contributed by atoms with Gasteiger partial charge in [-0.1, -0.05) is 19.9 Å². The molecule has 6 heteroatoms. The van der Waals surface area contributed by atoms with Crippen LogP contribution in [-0.4, -0.2) is 16.7 Å². The van der Waals surface area contributed by atoms with Crippen LogP contribution in [0.25, 0.3) is 11.5 Å². The second-order valence-electron chi connectivity index (χ2n) is 4.46. The highest BCUT2D eigenvalue weighted by Crippen LogP contribution is 2.30. The van der Waals surface area contributed by atoms with Gasteiger partial charge in [0.05, 0.1) is 16.1 Å². The van der Waals surface area contributed by atoms with Gasteiger partial charge in [-0.3, -0.25) is 0 Å². The molecule has 0 spiro atoms. The van der Waals surface area contributed by atoms with Crippen LogP contribution < -0.4 is 5.32 Å². The summed E-state index contributed by atoms with van der Waals surface area (Å²) in [6, 6.07) is 4.77. The third kappa shape index (κ3) is 3.24. The predicted molar refractivity (Wildman–Crippen MR) is 78.7 cm³/mol. The Kier molecular flexibility index (Phi) is 5.25. The van der Waals surface area contributed by atoms with E-state index in [1.54, 1.807) is 12.1 Å². The smallest absolute Gasteiger partial charge is 0.249 e. The molecule has 1 aromatic carbocycles. The summed E-state index contributed by atoms with van der Waals surface area (Å²) in [5, 5.41) is 11.4. The van der Waals surface area contributed by atoms with E-state index in [0.29, 0.717) is 21.8 Å². The van der Waals surface area contributed by atoms with E-state index in [4.69, 9.17) is 4.42 Å². The first-order valence-electron chi connectivity index (χ1n) is 6.68. The molecule has 1 unspecified atom stereocenters. The molecule has 0 aliphatic heterocycles. The number of nitrogens with zero attached hydrogens (tertiary/aromatic N) is 2. The summed E-state index contributed by atoms with van der Waals surface area (Å²) in [5.74, 6) is 0.508. The highest BCUT2D eigenvalue weighted by atomic mass is 79.9. The fraction of sp³-hybridized carbons (Fsp3) is 0.429. The standard InChI is InChI=1S/C14H17BrFN3O/c1-3-8-17-11(4-2)14-19-18-13(20-14)9-6-5-7-10(16)12(9)15/h5-7,11,17H,3-4,8H2,1-2H3. The average molecular weight is 342 g/mol. The van der Waals surface area contributed by atoms with Gasteiger partial charge in [-0.25, -0.2) is 4.39 Å². The van der Waals surface area contributed by atoms with E-state index in [0.717, 1.165) is 19.4 Å². The molecular weight excluding hydrogens is 325 g/mol. The minimum atomic E-state index is -0.349. The lowest BCUT2D eigenvalue weighted by molar-refractivity contribution is 0.396. The number of halogens is 2. The fourth-order valence-corrected chi connectivity index (χ4v) is 2.31. The number of hydrogen-bond acceptors (Lipinski definition) is 4. The van der Waals surface area contributed by atoms with Crippen LogP contribution in [0.3, 0.4) is 0 Å². The van der Waals surface area contributed by atoms with E-state index in [2.05, 4.69) is 45.3 Å². The molecule has 20 heavy (non-hydrogen) atoms. The van der Waals surface area contributed by atoms with Crippen LogP contribution in [-0.2, 0) is 0 Å². The maximum absolute atomic E-state index is 13.5. The van der Waals surface area contributed by atoms with Gasteiger partial charge < -0.3 is 9.73 Å². The van der Waals surface area contributed by atoms with Gasteiger partial charge >= 0.3 is 0 Å². The first kappa shape index (κ1) is 15.1. The van der Waals surface area contributed by atoms with Crippen LogP contribution >= 0.6 is 15.9 Å². The third-order valence-corrected chi connectivity index (χ3v) is 3.78. The molecule has 0 saturated carbocycles. The van der Waals surface area contributed by atoms with E-state index < -0.39 is 0 Å². The summed E-state index contributed by atoms with van der Waals surface area (Å²) in [7, 11) is 0. The van der Waals surface area contributed by atoms with Crippen molar-refractivity contribution in [2.24, 2.45) is 0 Å². The highest BCUT2D eigenvalue weighted by molar-refractivity contribution is 9.10. The first-order valence-corrected chi connectivity index (χ1v) is 7.47. The molecule has 0 radical (unpaired) electrons. The Morgan fingerprint density at radius 3 is 2.85 bits per heavy atom. The van der Waals surface area contributed by atoms with Crippen molar-refractivity contribution in [1.29, 1.82) is 0 Å². The normalized spacial score (nSPS) is 12.6. The van der Waals surface area contributed by atoms with Gasteiger partial charge in [-0.15, -0.1) is 10.2 Å². The van der Waals surface area contributed by atoms with Crippen molar-refractivity contribution in [3.8, 4) is 11.5 Å². The van der Waals surface area contributed by atoms with E-state index in [-0.39, 0.29) is 11.9 Å². The molecule has 108 valence electrons. The molecule has 0 aliphatic rings. The minimum absolute atomic E-state index is 0.0311. The summed E-state index contributed by atoms with van der Waals surface area (Å²) < 4.78 is 19.5. The van der Waals surface area contributed by atoms with Crippen molar-refractivity contribution >= 4 is 15.9 Å². The average Bonchev–Trinajstić information content (AvgIpc) is 2.92. The molecule has 1 aromatic heterocycles. The fourth-order valence-electron chi connectivity index (χ4n) is 1.88. The summed E-state index contributed by atoms with van der Waals surface area (Å²) in [6.07, 6.45) is 1.89. The maximum atomic E-state index is 13.5. The van der Waals surface area contributed by atoms with Gasteiger partial charge in [0.2, 0.25) is 11.8 Å². The van der Waals surface area contributed by atoms with Crippen LogP contribution in [0.15, 0.2) is 27.1 Å². The Bertz CT molecular complexity index is 573. The number of nitrogens with one attached hydrogen (secondary N) is 1. The van der Waals surface area contributed by atoms with Crippen LogP contribution in [0.1, 0.15) is 38.6 Å². The molecule has 0 aliphatic carbocycles. The lowest BCUT2D eigenvalue weighted by Crippen LogP contribution is -2.21. The molecule has 2 aromatic rings. The molecule has 0 bridgehead atoms. The SMILES string of the molecule is CCCNC(CC)c1nnc(-c2cccc(F)c2Br)o1. The van der Waals surface area contributed by atoms with Crippen molar-refractivity contribution < 1.29 is 8.81 Å². The predicted octanol–water partition coefficient (Wildman–Crippen LogP) is 4.09. The Morgan fingerprint density at radius 2 is 2.15 bits per heavy atom. The molecule has 0 fully saturated rings. The summed E-state index contributed by atoms with van der Waals surface area (Å²) in [4.78, 5) is 0. The molecule has 0 saturated heterocycles. The van der Waals surface area contributed by atoms with Gasteiger partial charge in [0.15, 0.2) is 0 Å². The van der Waals surface area contributed by atoms with Crippen molar-refractivity contribution in [2.45, 2.75) is 32.7 Å². The Balaban J connectivity index is 2.26. The quantitative estimate of drug-likeness (QED) is 0.859. The second kappa shape index (κ2) is 6.95. The Hall–Kier alpha value is -1.27. The molecule has 1 N–H and O–H groups in total. The lowest BCUT2D eigenvalue weighted by atomic mass is 10.2. The number of aromatic nitrogens is 2. The van der Waals surface area contributed by atoms with Crippen LogP contribution in [0.2, 0.25) is 0 Å². The Morgan fingerprint density at radius 1 is 1.35 bits per heavy atom. The zero-order valence-corrected chi connectivity index (χ0v) is 13.1. The van der Waals surface area contributed by atoms with Gasteiger partial charge in [0.25, 0.3) is 0 Å². The third-order valence-electron chi connectivity index (χ3n) is 2.97. The maximum Gasteiger partial charge on any atom is 0.249 e. The lowest BCUT2D eigenvalue weighted by Gasteiger charge is -2.11. The van der Waals surface area contributed by atoms with Gasteiger partial charge in [-0.05, 0) is 47.4 Å². The summed E-state index contributed by atoms with van der Waals surface area (Å²) in [5.41, 5.74) is 0.564. The van der Waals surface area contributed by atoms with Gasteiger partial charge in [0, 0.05) is 0 Å². The minimum Gasteiger partial charge on any atom is -0.419 e.